The van der Waals surface area contributed by atoms with Crippen molar-refractivity contribution in [2.75, 3.05) is 13.7 Å². The second-order valence-electron chi connectivity index (χ2n) is 15.7. The average Bonchev–Trinajstić information content (AvgIpc) is 4.04. The molecule has 290 valence electrons. The molecule has 1 aromatic heterocycles. The van der Waals surface area contributed by atoms with Gasteiger partial charge in [0.2, 0.25) is 21.8 Å². The van der Waals surface area contributed by atoms with Crippen LogP contribution in [-0.4, -0.2) is 89.4 Å². The molecule has 2 heterocycles. The van der Waals surface area contributed by atoms with E-state index in [0.717, 1.165) is 5.56 Å². The minimum Gasteiger partial charge on any atom is -0.497 e. The van der Waals surface area contributed by atoms with Gasteiger partial charge in [0.25, 0.3) is 5.91 Å². The number of carboxylic acid groups (broad SMARTS) is 1. The normalized spacial score (nSPS) is 23.6. The summed E-state index contributed by atoms with van der Waals surface area (Å²) in [5.41, 5.74) is -0.291. The maximum atomic E-state index is 14.4. The van der Waals surface area contributed by atoms with Crippen LogP contribution in [0.2, 0.25) is 0 Å². The molecule has 54 heavy (non-hydrogen) atoms. The van der Waals surface area contributed by atoms with Crippen molar-refractivity contribution in [2.45, 2.75) is 102 Å². The molecule has 15 heteroatoms. The van der Waals surface area contributed by atoms with Crippen LogP contribution in [0, 0.1) is 11.3 Å². The summed E-state index contributed by atoms with van der Waals surface area (Å²) in [4.78, 5) is 60.5. The first kappa shape index (κ1) is 38.8. The predicted molar refractivity (Wildman–Crippen MR) is 201 cm³/mol. The molecule has 2 aliphatic carbocycles. The number of hydrogen-bond donors (Lipinski definition) is 4. The number of amides is 4. The van der Waals surface area contributed by atoms with Gasteiger partial charge in [0, 0.05) is 29.5 Å². The molecule has 0 bridgehead atoms. The van der Waals surface area contributed by atoms with Crippen LogP contribution in [0.5, 0.6) is 11.5 Å². The molecule has 6 rings (SSSR count). The third-order valence-corrected chi connectivity index (χ3v) is 13.5. The van der Waals surface area contributed by atoms with Gasteiger partial charge in [0.15, 0.2) is 0 Å². The van der Waals surface area contributed by atoms with Gasteiger partial charge < -0.3 is 30.1 Å². The Morgan fingerprint density at radius 1 is 1.06 bits per heavy atom. The van der Waals surface area contributed by atoms with Gasteiger partial charge in [-0.15, -0.1) is 0 Å². The summed E-state index contributed by atoms with van der Waals surface area (Å²) < 4.78 is 39.9. The van der Waals surface area contributed by atoms with E-state index in [1.54, 1.807) is 53.0 Å². The Hall–Kier alpha value is -4.92. The standard InChI is InChI=1S/C39H49N5O9S/c1-7-24-21-39(24,35(47)43-54(50,51)38(8-2)16-17-38)42-33(45)30-19-26(22-44(30)34(46)32(37(3,4)5)41-36(48)49)53-31-20-28(23-12-10-9-11-13-23)40-29-18-25(52-6)14-15-27(29)31/h9-15,18,20,24,26,30,32,41H,7-8,16-17,19,21-22H2,1-6H3,(H,42,45)(H,43,47)(H,48,49). The highest BCUT2D eigenvalue weighted by molar-refractivity contribution is 7.91. The summed E-state index contributed by atoms with van der Waals surface area (Å²) in [6.45, 7) is 8.69. The van der Waals surface area contributed by atoms with E-state index in [0.29, 0.717) is 53.8 Å². The molecule has 3 fully saturated rings. The van der Waals surface area contributed by atoms with Gasteiger partial charge in [0.1, 0.15) is 35.2 Å². The van der Waals surface area contributed by atoms with Gasteiger partial charge in [-0.1, -0.05) is 71.4 Å². The number of benzene rings is 2. The first-order valence-electron chi connectivity index (χ1n) is 18.4. The summed E-state index contributed by atoms with van der Waals surface area (Å²) >= 11 is 0. The lowest BCUT2D eigenvalue weighted by Gasteiger charge is -2.35. The molecule has 0 spiro atoms. The summed E-state index contributed by atoms with van der Waals surface area (Å²) in [7, 11) is -2.43. The van der Waals surface area contributed by atoms with Gasteiger partial charge in [-0.3, -0.25) is 19.1 Å². The zero-order valence-corrected chi connectivity index (χ0v) is 32.3. The first-order chi connectivity index (χ1) is 25.5. The number of rotatable bonds is 13. The van der Waals surface area contributed by atoms with Crippen LogP contribution in [0.25, 0.3) is 22.2 Å². The summed E-state index contributed by atoms with van der Waals surface area (Å²) in [6.07, 6.45) is -0.125. The quantitative estimate of drug-likeness (QED) is 0.191. The molecule has 14 nitrogen and oxygen atoms in total. The van der Waals surface area contributed by atoms with E-state index < -0.39 is 67.7 Å². The highest BCUT2D eigenvalue weighted by Crippen LogP contribution is 2.49. The highest BCUT2D eigenvalue weighted by Gasteiger charge is 2.63. The summed E-state index contributed by atoms with van der Waals surface area (Å²) in [5, 5.41) is 15.5. The molecule has 1 aliphatic heterocycles. The second-order valence-corrected chi connectivity index (χ2v) is 17.8. The van der Waals surface area contributed by atoms with Crippen LogP contribution in [0.15, 0.2) is 54.6 Å². The molecule has 5 atom stereocenters. The summed E-state index contributed by atoms with van der Waals surface area (Å²) in [6, 6.07) is 14.3. The van der Waals surface area contributed by atoms with Crippen molar-refractivity contribution in [3.63, 3.8) is 0 Å². The number of nitrogens with zero attached hydrogens (tertiary/aromatic N) is 2. The number of ether oxygens (including phenoxy) is 2. The zero-order chi connectivity index (χ0) is 39.2. The third kappa shape index (κ3) is 7.42. The minimum atomic E-state index is -3.99. The number of carbonyl (C=O) groups excluding carboxylic acids is 3. The Balaban J connectivity index is 1.33. The molecular formula is C39H49N5O9S. The van der Waals surface area contributed by atoms with E-state index >= 15 is 0 Å². The maximum Gasteiger partial charge on any atom is 0.405 e. The van der Waals surface area contributed by atoms with Gasteiger partial charge in [-0.25, -0.2) is 18.2 Å². The molecule has 4 N–H and O–H groups in total. The Morgan fingerprint density at radius 2 is 1.76 bits per heavy atom. The van der Waals surface area contributed by atoms with Crippen molar-refractivity contribution < 1.29 is 42.2 Å². The first-order valence-corrected chi connectivity index (χ1v) is 19.9. The Bertz CT molecular complexity index is 2070. The number of sulfonamides is 1. The number of likely N-dealkylation sites (tertiary alicyclic amines) is 1. The molecule has 2 aromatic carbocycles. The number of hydrogen-bond acceptors (Lipinski definition) is 9. The van der Waals surface area contributed by atoms with E-state index in [-0.39, 0.29) is 25.3 Å². The van der Waals surface area contributed by atoms with Crippen molar-refractivity contribution >= 4 is 44.7 Å². The van der Waals surface area contributed by atoms with E-state index in [4.69, 9.17) is 14.5 Å². The number of fused-ring (bicyclic) bond motifs is 1. The van der Waals surface area contributed by atoms with Gasteiger partial charge in [-0.2, -0.15) is 0 Å². The van der Waals surface area contributed by atoms with Crippen LogP contribution in [0.1, 0.15) is 73.1 Å². The second kappa shape index (κ2) is 14.4. The van der Waals surface area contributed by atoms with Gasteiger partial charge in [0.05, 0.1) is 29.6 Å². The topological polar surface area (TPSA) is 193 Å². The van der Waals surface area contributed by atoms with E-state index in [1.165, 1.54) is 4.90 Å². The molecule has 5 unspecified atom stereocenters. The number of nitrogens with one attached hydrogen (secondary N) is 3. The lowest BCUT2D eigenvalue weighted by atomic mass is 9.85. The van der Waals surface area contributed by atoms with E-state index in [1.807, 2.05) is 43.3 Å². The maximum absolute atomic E-state index is 14.4. The van der Waals surface area contributed by atoms with Crippen molar-refractivity contribution in [3.05, 3.63) is 54.6 Å². The minimum absolute atomic E-state index is 0.00782. The predicted octanol–water partition coefficient (Wildman–Crippen LogP) is 4.61. The molecule has 0 radical (unpaired) electrons. The molecule has 1 saturated heterocycles. The Labute approximate surface area is 315 Å². The molecule has 3 aliphatic rings. The summed E-state index contributed by atoms with van der Waals surface area (Å²) in [5.74, 6) is -1.36. The van der Waals surface area contributed by atoms with Crippen molar-refractivity contribution in [3.8, 4) is 22.8 Å². The lowest BCUT2D eigenvalue weighted by molar-refractivity contribution is -0.142. The molecule has 3 aromatic rings. The average molecular weight is 764 g/mol. The number of aromatic nitrogens is 1. The monoisotopic (exact) mass is 763 g/mol. The molecule has 2 saturated carbocycles. The fourth-order valence-corrected chi connectivity index (χ4v) is 9.20. The van der Waals surface area contributed by atoms with Crippen LogP contribution < -0.4 is 24.8 Å². The highest BCUT2D eigenvalue weighted by atomic mass is 32.2. The Morgan fingerprint density at radius 3 is 2.33 bits per heavy atom. The molecular weight excluding hydrogens is 715 g/mol. The third-order valence-electron chi connectivity index (χ3n) is 11.2. The van der Waals surface area contributed by atoms with Gasteiger partial charge >= 0.3 is 6.09 Å². The van der Waals surface area contributed by atoms with Crippen LogP contribution in [0.4, 0.5) is 4.79 Å². The van der Waals surface area contributed by atoms with E-state index in [2.05, 4.69) is 15.4 Å². The largest absolute Gasteiger partial charge is 0.497 e. The smallest absolute Gasteiger partial charge is 0.405 e. The van der Waals surface area contributed by atoms with Crippen LogP contribution >= 0.6 is 0 Å². The van der Waals surface area contributed by atoms with Crippen molar-refractivity contribution in [1.29, 1.82) is 0 Å². The van der Waals surface area contributed by atoms with Gasteiger partial charge in [-0.05, 0) is 49.1 Å². The van der Waals surface area contributed by atoms with Crippen molar-refractivity contribution in [2.24, 2.45) is 11.3 Å². The van der Waals surface area contributed by atoms with E-state index in [9.17, 15) is 32.7 Å². The van der Waals surface area contributed by atoms with Crippen molar-refractivity contribution in [1.82, 2.24) is 25.2 Å². The lowest BCUT2D eigenvalue weighted by Crippen LogP contribution is -2.60. The van der Waals surface area contributed by atoms with Crippen LogP contribution in [0.3, 0.4) is 0 Å². The fourth-order valence-electron chi connectivity index (χ4n) is 7.54. The number of methoxy groups -OCH3 is 1. The molecule has 4 amide bonds. The SMILES string of the molecule is CCC1CC1(NC(=O)C1CC(Oc2cc(-c3ccccc3)nc3cc(OC)ccc23)CN1C(=O)C(NC(=O)O)C(C)(C)C)C(=O)NS(=O)(=O)C1(CC)CC1. The number of carbonyl (C=O) groups is 4. The Kier molecular flexibility index (Phi) is 10.3. The van der Waals surface area contributed by atoms with Crippen LogP contribution in [-0.2, 0) is 24.4 Å². The zero-order valence-electron chi connectivity index (χ0n) is 31.5. The fraction of sp³-hybridized carbons (Fsp3) is 0.513. The number of pyridine rings is 1.